The smallest absolute Gasteiger partial charge is 0.251 e. The summed E-state index contributed by atoms with van der Waals surface area (Å²) < 4.78 is 14.0. The number of nitrogens with zero attached hydrogens (tertiary/aromatic N) is 3. The van der Waals surface area contributed by atoms with Crippen LogP contribution in [0.15, 0.2) is 48.5 Å². The van der Waals surface area contributed by atoms with Gasteiger partial charge in [-0.25, -0.2) is 9.29 Å². The number of aryl methyl sites for hydroxylation is 1. The Labute approximate surface area is 164 Å². The maximum Gasteiger partial charge on any atom is 0.251 e. The average Bonchev–Trinajstić information content (AvgIpc) is 3.03. The number of amides is 2. The molecule has 0 saturated carbocycles. The van der Waals surface area contributed by atoms with Crippen molar-refractivity contribution in [2.45, 2.75) is 25.8 Å². The summed E-state index contributed by atoms with van der Waals surface area (Å²) in [6.45, 7) is 4.58. The van der Waals surface area contributed by atoms with Gasteiger partial charge in [0.1, 0.15) is 5.82 Å². The largest absolute Gasteiger partial charge is 0.367 e. The van der Waals surface area contributed by atoms with E-state index in [4.69, 9.17) is 0 Å². The molecule has 1 atom stereocenters. The van der Waals surface area contributed by atoms with Crippen molar-refractivity contribution in [1.29, 1.82) is 0 Å². The first-order valence-electron chi connectivity index (χ1n) is 9.77. The highest BCUT2D eigenvalue weighted by Crippen LogP contribution is 2.28. The van der Waals surface area contributed by atoms with Gasteiger partial charge in [0.15, 0.2) is 0 Å². The van der Waals surface area contributed by atoms with Gasteiger partial charge >= 0.3 is 0 Å². The summed E-state index contributed by atoms with van der Waals surface area (Å²) in [5.74, 6) is -0.547. The Morgan fingerprint density at radius 1 is 0.964 bits per heavy atom. The SMILES string of the molecule is CCc1ccc(N2C(=O)C[C@H](N3CCN(c4ccccc4F)CC3)C2=O)cc1. The number of halogens is 1. The molecule has 0 radical (unpaired) electrons. The molecular formula is C22H24FN3O2. The van der Waals surface area contributed by atoms with Crippen LogP contribution in [0.1, 0.15) is 18.9 Å². The van der Waals surface area contributed by atoms with Crippen molar-refractivity contribution in [2.75, 3.05) is 36.0 Å². The van der Waals surface area contributed by atoms with Gasteiger partial charge in [0.25, 0.3) is 5.91 Å². The molecule has 146 valence electrons. The Balaban J connectivity index is 1.44. The van der Waals surface area contributed by atoms with Crippen LogP contribution >= 0.6 is 0 Å². The Kier molecular flexibility index (Phi) is 5.13. The van der Waals surface area contributed by atoms with Crippen molar-refractivity contribution < 1.29 is 14.0 Å². The van der Waals surface area contributed by atoms with Crippen molar-refractivity contribution >= 4 is 23.2 Å². The molecule has 0 bridgehead atoms. The summed E-state index contributed by atoms with van der Waals surface area (Å²) in [5, 5.41) is 0. The van der Waals surface area contributed by atoms with Gasteiger partial charge in [-0.1, -0.05) is 31.2 Å². The molecule has 6 heteroatoms. The van der Waals surface area contributed by atoms with Crippen molar-refractivity contribution in [2.24, 2.45) is 0 Å². The lowest BCUT2D eigenvalue weighted by atomic mass is 10.1. The molecule has 2 aliphatic heterocycles. The third-order valence-electron chi connectivity index (χ3n) is 5.67. The van der Waals surface area contributed by atoms with Crippen LogP contribution in [-0.2, 0) is 16.0 Å². The van der Waals surface area contributed by atoms with E-state index in [1.54, 1.807) is 12.1 Å². The van der Waals surface area contributed by atoms with Crippen LogP contribution in [0.2, 0.25) is 0 Å². The lowest BCUT2D eigenvalue weighted by molar-refractivity contribution is -0.123. The molecule has 0 spiro atoms. The number of hydrogen-bond donors (Lipinski definition) is 0. The fourth-order valence-corrected chi connectivity index (χ4v) is 4.04. The molecule has 5 nitrogen and oxygen atoms in total. The number of rotatable bonds is 4. The number of benzene rings is 2. The molecule has 0 N–H and O–H groups in total. The molecule has 2 aromatic rings. The van der Waals surface area contributed by atoms with Gasteiger partial charge in [-0.2, -0.15) is 0 Å². The average molecular weight is 381 g/mol. The molecule has 2 heterocycles. The molecule has 2 amide bonds. The van der Waals surface area contributed by atoms with Gasteiger partial charge in [0.2, 0.25) is 5.91 Å². The highest BCUT2D eigenvalue weighted by Gasteiger charge is 2.43. The minimum Gasteiger partial charge on any atom is -0.367 e. The number of para-hydroxylation sites is 1. The molecule has 2 saturated heterocycles. The molecule has 2 fully saturated rings. The number of hydrogen-bond acceptors (Lipinski definition) is 4. The van der Waals surface area contributed by atoms with E-state index < -0.39 is 6.04 Å². The molecule has 0 aliphatic carbocycles. The fraction of sp³-hybridized carbons (Fsp3) is 0.364. The van der Waals surface area contributed by atoms with E-state index >= 15 is 0 Å². The Bertz CT molecular complexity index is 876. The van der Waals surface area contributed by atoms with E-state index in [1.807, 2.05) is 35.2 Å². The topological polar surface area (TPSA) is 43.9 Å². The molecule has 2 aliphatic rings. The maximum atomic E-state index is 14.0. The highest BCUT2D eigenvalue weighted by atomic mass is 19.1. The Hall–Kier alpha value is -2.73. The molecule has 2 aromatic carbocycles. The first kappa shape index (κ1) is 18.6. The Morgan fingerprint density at radius 3 is 2.29 bits per heavy atom. The lowest BCUT2D eigenvalue weighted by Crippen LogP contribution is -2.52. The van der Waals surface area contributed by atoms with Gasteiger partial charge < -0.3 is 4.90 Å². The van der Waals surface area contributed by atoms with Crippen LogP contribution in [0, 0.1) is 5.82 Å². The maximum absolute atomic E-state index is 14.0. The molecule has 0 unspecified atom stereocenters. The summed E-state index contributed by atoms with van der Waals surface area (Å²) in [6, 6.07) is 13.9. The van der Waals surface area contributed by atoms with Gasteiger partial charge in [-0.3, -0.25) is 14.5 Å². The zero-order valence-electron chi connectivity index (χ0n) is 16.0. The van der Waals surface area contributed by atoms with Gasteiger partial charge in [0.05, 0.1) is 23.8 Å². The minimum absolute atomic E-state index is 0.157. The van der Waals surface area contributed by atoms with Crippen LogP contribution in [0.25, 0.3) is 0 Å². The number of anilines is 2. The van der Waals surface area contributed by atoms with Crippen molar-refractivity contribution in [3.63, 3.8) is 0 Å². The number of imide groups is 1. The zero-order valence-corrected chi connectivity index (χ0v) is 16.0. The number of piperazine rings is 1. The van der Waals surface area contributed by atoms with Crippen LogP contribution in [0.4, 0.5) is 15.8 Å². The summed E-state index contributed by atoms with van der Waals surface area (Å²) in [7, 11) is 0. The van der Waals surface area contributed by atoms with Crippen molar-refractivity contribution in [1.82, 2.24) is 4.90 Å². The molecule has 28 heavy (non-hydrogen) atoms. The zero-order chi connectivity index (χ0) is 19.7. The first-order valence-corrected chi connectivity index (χ1v) is 9.77. The van der Waals surface area contributed by atoms with Crippen LogP contribution < -0.4 is 9.80 Å². The van der Waals surface area contributed by atoms with E-state index in [0.717, 1.165) is 6.42 Å². The van der Waals surface area contributed by atoms with E-state index in [0.29, 0.717) is 37.6 Å². The standard InChI is InChI=1S/C22H24FN3O2/c1-2-16-7-9-17(10-8-16)26-21(27)15-20(22(26)28)25-13-11-24(12-14-25)19-6-4-3-5-18(19)23/h3-10,20H,2,11-15H2,1H3/t20-/m0/s1. The van der Waals surface area contributed by atoms with Gasteiger partial charge in [0, 0.05) is 26.2 Å². The second-order valence-electron chi connectivity index (χ2n) is 7.28. The number of carbonyl (C=O) groups is 2. The van der Waals surface area contributed by atoms with Crippen LogP contribution in [-0.4, -0.2) is 48.9 Å². The molecular weight excluding hydrogens is 357 g/mol. The quantitative estimate of drug-likeness (QED) is 0.764. The second kappa shape index (κ2) is 7.72. The van der Waals surface area contributed by atoms with Gasteiger partial charge in [-0.15, -0.1) is 0 Å². The number of carbonyl (C=O) groups excluding carboxylic acids is 2. The van der Waals surface area contributed by atoms with E-state index in [-0.39, 0.29) is 24.1 Å². The van der Waals surface area contributed by atoms with E-state index in [1.165, 1.54) is 16.5 Å². The van der Waals surface area contributed by atoms with E-state index in [9.17, 15) is 14.0 Å². The fourth-order valence-electron chi connectivity index (χ4n) is 4.04. The Morgan fingerprint density at radius 2 is 1.64 bits per heavy atom. The predicted octanol–water partition coefficient (Wildman–Crippen LogP) is 2.84. The third-order valence-corrected chi connectivity index (χ3v) is 5.67. The van der Waals surface area contributed by atoms with Crippen LogP contribution in [0.5, 0.6) is 0 Å². The summed E-state index contributed by atoms with van der Waals surface area (Å²) in [6.07, 6.45) is 1.12. The van der Waals surface area contributed by atoms with Crippen LogP contribution in [0.3, 0.4) is 0 Å². The monoisotopic (exact) mass is 381 g/mol. The normalized spacial score (nSPS) is 20.9. The minimum atomic E-state index is -0.430. The lowest BCUT2D eigenvalue weighted by Gasteiger charge is -2.38. The second-order valence-corrected chi connectivity index (χ2v) is 7.28. The molecule has 0 aromatic heterocycles. The summed E-state index contributed by atoms with van der Waals surface area (Å²) in [5.41, 5.74) is 2.40. The highest BCUT2D eigenvalue weighted by molar-refractivity contribution is 6.22. The molecule has 4 rings (SSSR count). The van der Waals surface area contributed by atoms with Crippen molar-refractivity contribution in [3.8, 4) is 0 Å². The van der Waals surface area contributed by atoms with Gasteiger partial charge in [-0.05, 0) is 36.2 Å². The first-order chi connectivity index (χ1) is 13.6. The summed E-state index contributed by atoms with van der Waals surface area (Å²) in [4.78, 5) is 30.9. The third kappa shape index (κ3) is 3.40. The predicted molar refractivity (Wildman–Crippen MR) is 107 cm³/mol. The van der Waals surface area contributed by atoms with Crippen molar-refractivity contribution in [3.05, 3.63) is 59.9 Å². The van der Waals surface area contributed by atoms with E-state index in [2.05, 4.69) is 11.8 Å². The summed E-state index contributed by atoms with van der Waals surface area (Å²) >= 11 is 0.